The fraction of sp³-hybridized carbons (Fsp3) is 0.174. The molecule has 0 aliphatic heterocycles. The molecular weight excluding hydrogens is 419 g/mol. The highest BCUT2D eigenvalue weighted by atomic mass is 35.5. The zero-order valence-electron chi connectivity index (χ0n) is 17.0. The summed E-state index contributed by atoms with van der Waals surface area (Å²) in [5.74, 6) is -0.657. The first-order valence-electron chi connectivity index (χ1n) is 9.69. The zero-order valence-corrected chi connectivity index (χ0v) is 17.8. The van der Waals surface area contributed by atoms with Gasteiger partial charge in [-0.3, -0.25) is 9.59 Å². The summed E-state index contributed by atoms with van der Waals surface area (Å²) in [4.78, 5) is 25.5. The van der Waals surface area contributed by atoms with Gasteiger partial charge in [0, 0.05) is 34.0 Å². The number of hydrogen-bond acceptors (Lipinski definition) is 3. The van der Waals surface area contributed by atoms with E-state index in [2.05, 4.69) is 10.4 Å². The van der Waals surface area contributed by atoms with Crippen LogP contribution in [0.4, 0.5) is 10.1 Å². The molecule has 0 bridgehead atoms. The predicted molar refractivity (Wildman–Crippen MR) is 119 cm³/mol. The maximum atomic E-state index is 13.2. The molecule has 1 N–H and O–H groups in total. The predicted octanol–water partition coefficient (Wildman–Crippen LogP) is 4.29. The van der Waals surface area contributed by atoms with Gasteiger partial charge in [-0.15, -0.1) is 0 Å². The lowest BCUT2D eigenvalue weighted by Gasteiger charge is -2.09. The molecule has 0 radical (unpaired) electrons. The van der Waals surface area contributed by atoms with E-state index in [4.69, 9.17) is 11.6 Å². The SMILES string of the molecule is Cc1c2cnn(CC(=O)Nc3ccc(Cl)cc3)c(=O)c2c(C)n1Cc1ccc(F)cc1. The topological polar surface area (TPSA) is 68.9 Å². The summed E-state index contributed by atoms with van der Waals surface area (Å²) in [5, 5.41) is 8.75. The highest BCUT2D eigenvalue weighted by Gasteiger charge is 2.17. The lowest BCUT2D eigenvalue weighted by Crippen LogP contribution is -2.29. The van der Waals surface area contributed by atoms with Gasteiger partial charge in [0.05, 0.1) is 11.6 Å². The molecule has 2 aromatic carbocycles. The van der Waals surface area contributed by atoms with Crippen molar-refractivity contribution in [3.8, 4) is 0 Å². The number of rotatable bonds is 5. The van der Waals surface area contributed by atoms with Gasteiger partial charge in [0.1, 0.15) is 12.4 Å². The van der Waals surface area contributed by atoms with Crippen molar-refractivity contribution < 1.29 is 9.18 Å². The van der Waals surface area contributed by atoms with Gasteiger partial charge in [0.15, 0.2) is 0 Å². The molecule has 0 saturated heterocycles. The number of nitrogens with one attached hydrogen (secondary N) is 1. The Bertz CT molecular complexity index is 1330. The van der Waals surface area contributed by atoms with Crippen LogP contribution in [0.25, 0.3) is 10.8 Å². The van der Waals surface area contributed by atoms with Gasteiger partial charge in [-0.05, 0) is 55.8 Å². The monoisotopic (exact) mass is 438 g/mol. The van der Waals surface area contributed by atoms with Crippen LogP contribution in [0.2, 0.25) is 5.02 Å². The normalized spacial score (nSPS) is 11.1. The second-order valence-corrected chi connectivity index (χ2v) is 7.77. The van der Waals surface area contributed by atoms with Crippen molar-refractivity contribution in [1.82, 2.24) is 14.3 Å². The number of fused-ring (bicyclic) bond motifs is 1. The van der Waals surface area contributed by atoms with Crippen molar-refractivity contribution in [2.75, 3.05) is 5.32 Å². The number of amides is 1. The molecule has 2 aromatic heterocycles. The van der Waals surface area contributed by atoms with Crippen LogP contribution in [-0.4, -0.2) is 20.3 Å². The summed E-state index contributed by atoms with van der Waals surface area (Å²) in [5.41, 5.74) is 2.84. The first-order valence-corrected chi connectivity index (χ1v) is 10.1. The second kappa shape index (κ2) is 8.35. The molecule has 0 unspecified atom stereocenters. The van der Waals surface area contributed by atoms with Gasteiger partial charge < -0.3 is 9.88 Å². The second-order valence-electron chi connectivity index (χ2n) is 7.33. The van der Waals surface area contributed by atoms with E-state index in [0.717, 1.165) is 27.0 Å². The summed E-state index contributed by atoms with van der Waals surface area (Å²) >= 11 is 5.85. The molecule has 0 atom stereocenters. The van der Waals surface area contributed by atoms with E-state index in [1.807, 2.05) is 18.4 Å². The molecule has 0 spiro atoms. The number of benzene rings is 2. The standard InChI is InChI=1S/C23H20ClFN4O2/c1-14-20-11-26-29(13-21(30)27-19-9-5-17(24)6-10-19)23(31)22(20)15(2)28(14)12-16-3-7-18(25)8-4-16/h3-11H,12-13H2,1-2H3,(H,27,30). The van der Waals surface area contributed by atoms with Crippen molar-refractivity contribution in [3.05, 3.63) is 92.9 Å². The molecule has 2 heterocycles. The molecule has 8 heteroatoms. The van der Waals surface area contributed by atoms with Gasteiger partial charge in [0.2, 0.25) is 5.91 Å². The van der Waals surface area contributed by atoms with Crippen molar-refractivity contribution in [2.45, 2.75) is 26.9 Å². The lowest BCUT2D eigenvalue weighted by atomic mass is 10.2. The van der Waals surface area contributed by atoms with E-state index < -0.39 is 0 Å². The molecular formula is C23H20ClFN4O2. The summed E-state index contributed by atoms with van der Waals surface area (Å²) in [7, 11) is 0. The summed E-state index contributed by atoms with van der Waals surface area (Å²) < 4.78 is 16.4. The van der Waals surface area contributed by atoms with Crippen LogP contribution in [0.1, 0.15) is 17.0 Å². The minimum atomic E-state index is -0.364. The van der Waals surface area contributed by atoms with Crippen LogP contribution in [0.5, 0.6) is 0 Å². The fourth-order valence-electron chi connectivity index (χ4n) is 3.64. The van der Waals surface area contributed by atoms with Crippen molar-refractivity contribution in [1.29, 1.82) is 0 Å². The molecule has 31 heavy (non-hydrogen) atoms. The number of aryl methyl sites for hydroxylation is 2. The van der Waals surface area contributed by atoms with E-state index in [0.29, 0.717) is 22.6 Å². The molecule has 4 aromatic rings. The molecule has 0 fully saturated rings. The van der Waals surface area contributed by atoms with Crippen LogP contribution in [-0.2, 0) is 17.9 Å². The van der Waals surface area contributed by atoms with E-state index >= 15 is 0 Å². The summed E-state index contributed by atoms with van der Waals surface area (Å²) in [6.07, 6.45) is 1.61. The quantitative estimate of drug-likeness (QED) is 0.505. The van der Waals surface area contributed by atoms with E-state index in [1.54, 1.807) is 42.6 Å². The molecule has 4 rings (SSSR count). The largest absolute Gasteiger partial charge is 0.343 e. The third kappa shape index (κ3) is 4.22. The Morgan fingerprint density at radius 3 is 2.42 bits per heavy atom. The third-order valence-corrected chi connectivity index (χ3v) is 5.53. The minimum Gasteiger partial charge on any atom is -0.343 e. The maximum absolute atomic E-state index is 13.2. The number of halogens is 2. The Hall–Kier alpha value is -3.45. The number of nitrogens with zero attached hydrogens (tertiary/aromatic N) is 3. The van der Waals surface area contributed by atoms with Gasteiger partial charge in [-0.1, -0.05) is 23.7 Å². The highest BCUT2D eigenvalue weighted by Crippen LogP contribution is 2.23. The van der Waals surface area contributed by atoms with Crippen molar-refractivity contribution in [3.63, 3.8) is 0 Å². The Morgan fingerprint density at radius 2 is 1.74 bits per heavy atom. The maximum Gasteiger partial charge on any atom is 0.276 e. The molecule has 0 saturated carbocycles. The molecule has 0 aliphatic carbocycles. The van der Waals surface area contributed by atoms with Crippen LogP contribution < -0.4 is 10.9 Å². The molecule has 0 aliphatic rings. The van der Waals surface area contributed by atoms with E-state index in [1.165, 1.54) is 12.1 Å². The number of anilines is 1. The Balaban J connectivity index is 1.63. The minimum absolute atomic E-state index is 0.209. The van der Waals surface area contributed by atoms with E-state index in [9.17, 15) is 14.0 Å². The molecule has 1 amide bonds. The van der Waals surface area contributed by atoms with Crippen molar-refractivity contribution in [2.24, 2.45) is 0 Å². The summed E-state index contributed by atoms with van der Waals surface area (Å²) in [6.45, 7) is 4.07. The third-order valence-electron chi connectivity index (χ3n) is 5.28. The first-order chi connectivity index (χ1) is 14.8. The molecule has 6 nitrogen and oxygen atoms in total. The Morgan fingerprint density at radius 1 is 1.06 bits per heavy atom. The highest BCUT2D eigenvalue weighted by molar-refractivity contribution is 6.30. The number of aromatic nitrogens is 3. The lowest BCUT2D eigenvalue weighted by molar-refractivity contribution is -0.117. The van der Waals surface area contributed by atoms with Crippen molar-refractivity contribution >= 4 is 34.0 Å². The van der Waals surface area contributed by atoms with Gasteiger partial charge in [-0.2, -0.15) is 5.10 Å². The van der Waals surface area contributed by atoms with Gasteiger partial charge >= 0.3 is 0 Å². The van der Waals surface area contributed by atoms with Crippen LogP contribution in [0, 0.1) is 19.7 Å². The zero-order chi connectivity index (χ0) is 22.1. The first kappa shape index (κ1) is 20.8. The number of carbonyl (C=O) groups is 1. The van der Waals surface area contributed by atoms with Crippen LogP contribution in [0.3, 0.4) is 0 Å². The van der Waals surface area contributed by atoms with Crippen LogP contribution in [0.15, 0.2) is 59.5 Å². The van der Waals surface area contributed by atoms with Gasteiger partial charge in [-0.25, -0.2) is 9.07 Å². The van der Waals surface area contributed by atoms with Gasteiger partial charge in [0.25, 0.3) is 5.56 Å². The number of carbonyl (C=O) groups excluding carboxylic acids is 1. The Labute approximate surface area is 182 Å². The Kier molecular flexibility index (Phi) is 5.61. The summed E-state index contributed by atoms with van der Waals surface area (Å²) in [6, 6.07) is 13.0. The smallest absolute Gasteiger partial charge is 0.276 e. The van der Waals surface area contributed by atoms with E-state index in [-0.39, 0.29) is 23.8 Å². The van der Waals surface area contributed by atoms with Crippen LogP contribution >= 0.6 is 11.6 Å². The molecule has 158 valence electrons. The number of hydrogen-bond donors (Lipinski definition) is 1. The fourth-order valence-corrected chi connectivity index (χ4v) is 3.76. The average molecular weight is 439 g/mol. The average Bonchev–Trinajstić information content (AvgIpc) is 2.98.